The first kappa shape index (κ1) is 18.5. The second-order valence-corrected chi connectivity index (χ2v) is 7.01. The standard InChI is InChI=1S/C26H20N2O/c1-19-12-14-22(15-13-19)26-23(17-27)16-24(20-8-4-2-5-9-20)28(26)18-25(29)21-10-6-3-7-11-21/h2-16H,18H2,1H3. The summed E-state index contributed by atoms with van der Waals surface area (Å²) in [6.45, 7) is 2.20. The van der Waals surface area contributed by atoms with E-state index in [1.807, 2.05) is 102 Å². The first-order chi connectivity index (χ1) is 14.2. The molecule has 3 nitrogen and oxygen atoms in total. The van der Waals surface area contributed by atoms with Crippen LogP contribution in [0.4, 0.5) is 0 Å². The van der Waals surface area contributed by atoms with Crippen molar-refractivity contribution in [1.82, 2.24) is 4.57 Å². The second kappa shape index (κ2) is 8.00. The molecule has 3 aromatic carbocycles. The van der Waals surface area contributed by atoms with Gasteiger partial charge in [0.15, 0.2) is 5.78 Å². The van der Waals surface area contributed by atoms with Crippen molar-refractivity contribution < 1.29 is 4.79 Å². The Morgan fingerprint density at radius 3 is 2.10 bits per heavy atom. The predicted molar refractivity (Wildman–Crippen MR) is 116 cm³/mol. The Bertz CT molecular complexity index is 1180. The van der Waals surface area contributed by atoms with Crippen molar-refractivity contribution in [2.45, 2.75) is 13.5 Å². The molecule has 4 aromatic rings. The molecule has 0 aliphatic rings. The lowest BCUT2D eigenvalue weighted by Gasteiger charge is -2.14. The van der Waals surface area contributed by atoms with E-state index in [0.717, 1.165) is 28.1 Å². The molecule has 0 bridgehead atoms. The van der Waals surface area contributed by atoms with Gasteiger partial charge in [0.05, 0.1) is 23.5 Å². The molecule has 0 radical (unpaired) electrons. The zero-order chi connectivity index (χ0) is 20.2. The first-order valence-electron chi connectivity index (χ1n) is 9.51. The summed E-state index contributed by atoms with van der Waals surface area (Å²) in [5.74, 6) is 0.0104. The van der Waals surface area contributed by atoms with E-state index in [0.29, 0.717) is 11.1 Å². The highest BCUT2D eigenvalue weighted by Crippen LogP contribution is 2.33. The summed E-state index contributed by atoms with van der Waals surface area (Å²) >= 11 is 0. The average molecular weight is 376 g/mol. The lowest BCUT2D eigenvalue weighted by Crippen LogP contribution is -2.12. The van der Waals surface area contributed by atoms with Crippen molar-refractivity contribution in [3.63, 3.8) is 0 Å². The molecule has 0 saturated carbocycles. The Labute approximate surface area is 170 Å². The number of Topliss-reactive ketones (excluding diaryl/α,β-unsaturated/α-hetero) is 1. The number of benzene rings is 3. The topological polar surface area (TPSA) is 45.8 Å². The average Bonchev–Trinajstić information content (AvgIpc) is 3.13. The summed E-state index contributed by atoms with van der Waals surface area (Å²) in [6, 6.07) is 31.4. The predicted octanol–water partition coefficient (Wildman–Crippen LogP) is 5.89. The number of rotatable bonds is 5. The summed E-state index contributed by atoms with van der Waals surface area (Å²) in [7, 11) is 0. The molecular formula is C26H20N2O. The molecule has 0 N–H and O–H groups in total. The quantitative estimate of drug-likeness (QED) is 0.408. The minimum absolute atomic E-state index is 0.0104. The first-order valence-corrected chi connectivity index (χ1v) is 9.51. The highest BCUT2D eigenvalue weighted by Gasteiger charge is 2.20. The summed E-state index contributed by atoms with van der Waals surface area (Å²) in [6.07, 6.45) is 0. The molecule has 0 unspecified atom stereocenters. The van der Waals surface area contributed by atoms with E-state index in [9.17, 15) is 10.1 Å². The van der Waals surface area contributed by atoms with Crippen LogP contribution in [0.3, 0.4) is 0 Å². The summed E-state index contributed by atoms with van der Waals surface area (Å²) < 4.78 is 1.97. The number of hydrogen-bond acceptors (Lipinski definition) is 2. The smallest absolute Gasteiger partial charge is 0.182 e. The van der Waals surface area contributed by atoms with Gasteiger partial charge in [-0.05, 0) is 24.1 Å². The molecule has 3 heteroatoms. The number of nitrogens with zero attached hydrogens (tertiary/aromatic N) is 2. The van der Waals surface area contributed by atoms with Gasteiger partial charge in [-0.25, -0.2) is 0 Å². The number of nitriles is 1. The van der Waals surface area contributed by atoms with Gasteiger partial charge in [-0.2, -0.15) is 5.26 Å². The van der Waals surface area contributed by atoms with E-state index in [1.165, 1.54) is 0 Å². The fraction of sp³-hybridized carbons (Fsp3) is 0.0769. The highest BCUT2D eigenvalue weighted by molar-refractivity contribution is 5.96. The maximum atomic E-state index is 13.0. The van der Waals surface area contributed by atoms with Crippen molar-refractivity contribution in [2.75, 3.05) is 0 Å². The van der Waals surface area contributed by atoms with Gasteiger partial charge in [-0.15, -0.1) is 0 Å². The second-order valence-electron chi connectivity index (χ2n) is 7.01. The molecule has 0 spiro atoms. The van der Waals surface area contributed by atoms with Crippen LogP contribution in [0.1, 0.15) is 21.5 Å². The van der Waals surface area contributed by atoms with Gasteiger partial charge in [0.25, 0.3) is 0 Å². The van der Waals surface area contributed by atoms with E-state index >= 15 is 0 Å². The lowest BCUT2D eigenvalue weighted by molar-refractivity contribution is 0.0973. The van der Waals surface area contributed by atoms with Gasteiger partial charge >= 0.3 is 0 Å². The largest absolute Gasteiger partial charge is 0.331 e. The Morgan fingerprint density at radius 1 is 0.862 bits per heavy atom. The van der Waals surface area contributed by atoms with Gasteiger partial charge in [-0.1, -0.05) is 90.5 Å². The van der Waals surface area contributed by atoms with Crippen molar-refractivity contribution >= 4 is 5.78 Å². The molecule has 0 atom stereocenters. The minimum Gasteiger partial charge on any atom is -0.331 e. The molecule has 0 aliphatic carbocycles. The fourth-order valence-electron chi connectivity index (χ4n) is 3.53. The summed E-state index contributed by atoms with van der Waals surface area (Å²) in [5, 5.41) is 9.82. The Kier molecular flexibility index (Phi) is 5.09. The highest BCUT2D eigenvalue weighted by atomic mass is 16.1. The monoisotopic (exact) mass is 376 g/mol. The van der Waals surface area contributed by atoms with Crippen LogP contribution in [-0.4, -0.2) is 10.4 Å². The third-order valence-corrected chi connectivity index (χ3v) is 5.01. The van der Waals surface area contributed by atoms with Gasteiger partial charge in [0.2, 0.25) is 0 Å². The molecule has 0 amide bonds. The van der Waals surface area contributed by atoms with Crippen molar-refractivity contribution in [3.8, 4) is 28.6 Å². The normalized spacial score (nSPS) is 10.5. The summed E-state index contributed by atoms with van der Waals surface area (Å²) in [4.78, 5) is 13.0. The van der Waals surface area contributed by atoms with Crippen LogP contribution in [0.2, 0.25) is 0 Å². The zero-order valence-corrected chi connectivity index (χ0v) is 16.2. The summed E-state index contributed by atoms with van der Waals surface area (Å²) in [5.41, 5.74) is 5.91. The van der Waals surface area contributed by atoms with Crippen molar-refractivity contribution in [3.05, 3.63) is 108 Å². The molecule has 1 aromatic heterocycles. The van der Waals surface area contributed by atoms with Crippen molar-refractivity contribution in [2.24, 2.45) is 0 Å². The van der Waals surface area contributed by atoms with Gasteiger partial charge in [0, 0.05) is 5.56 Å². The van der Waals surface area contributed by atoms with E-state index in [-0.39, 0.29) is 12.3 Å². The van der Waals surface area contributed by atoms with Crippen molar-refractivity contribution in [1.29, 1.82) is 5.26 Å². The van der Waals surface area contributed by atoms with Gasteiger partial charge in [0.1, 0.15) is 6.07 Å². The minimum atomic E-state index is 0.0104. The molecule has 140 valence electrons. The third kappa shape index (κ3) is 3.74. The maximum absolute atomic E-state index is 13.0. The molecular weight excluding hydrogens is 356 g/mol. The molecule has 1 heterocycles. The van der Waals surface area contributed by atoms with Crippen LogP contribution < -0.4 is 0 Å². The van der Waals surface area contributed by atoms with Crippen LogP contribution in [-0.2, 0) is 6.54 Å². The Hall–Kier alpha value is -3.90. The molecule has 0 fully saturated rings. The number of hydrogen-bond donors (Lipinski definition) is 0. The van der Waals surface area contributed by atoms with Crippen LogP contribution in [0.25, 0.3) is 22.5 Å². The maximum Gasteiger partial charge on any atom is 0.182 e. The van der Waals surface area contributed by atoms with Gasteiger partial charge in [-0.3, -0.25) is 4.79 Å². The molecule has 0 saturated heterocycles. The molecule has 4 rings (SSSR count). The van der Waals surface area contributed by atoms with E-state index < -0.39 is 0 Å². The number of aryl methyl sites for hydroxylation is 1. The van der Waals surface area contributed by atoms with Crippen LogP contribution in [0, 0.1) is 18.3 Å². The number of carbonyl (C=O) groups is 1. The van der Waals surface area contributed by atoms with Gasteiger partial charge < -0.3 is 4.57 Å². The Balaban J connectivity index is 1.90. The van der Waals surface area contributed by atoms with E-state index in [2.05, 4.69) is 6.07 Å². The Morgan fingerprint density at radius 2 is 1.48 bits per heavy atom. The third-order valence-electron chi connectivity index (χ3n) is 5.01. The number of ketones is 1. The van der Waals surface area contributed by atoms with Crippen LogP contribution >= 0.6 is 0 Å². The molecule has 29 heavy (non-hydrogen) atoms. The number of carbonyl (C=O) groups excluding carboxylic acids is 1. The van der Waals surface area contributed by atoms with Crippen LogP contribution in [0.15, 0.2) is 91.0 Å². The van der Waals surface area contributed by atoms with E-state index in [1.54, 1.807) is 0 Å². The fourth-order valence-corrected chi connectivity index (χ4v) is 3.53. The SMILES string of the molecule is Cc1ccc(-c2c(C#N)cc(-c3ccccc3)n2CC(=O)c2ccccc2)cc1. The number of aromatic nitrogens is 1. The lowest BCUT2D eigenvalue weighted by atomic mass is 10.1. The van der Waals surface area contributed by atoms with E-state index in [4.69, 9.17) is 0 Å². The van der Waals surface area contributed by atoms with Crippen LogP contribution in [0.5, 0.6) is 0 Å². The zero-order valence-electron chi connectivity index (χ0n) is 16.2. The molecule has 0 aliphatic heterocycles.